The van der Waals surface area contributed by atoms with Crippen LogP contribution in [0.4, 0.5) is 10.1 Å². The predicted octanol–water partition coefficient (Wildman–Crippen LogP) is 3.85. The minimum absolute atomic E-state index is 0.0279. The van der Waals surface area contributed by atoms with E-state index >= 15 is 0 Å². The van der Waals surface area contributed by atoms with Gasteiger partial charge in [-0.2, -0.15) is 4.31 Å². The number of aromatic nitrogens is 3. The van der Waals surface area contributed by atoms with Gasteiger partial charge in [-0.3, -0.25) is 4.79 Å². The smallest absolute Gasteiger partial charge is 0.243 e. The van der Waals surface area contributed by atoms with Crippen molar-refractivity contribution in [2.45, 2.75) is 50.0 Å². The Kier molecular flexibility index (Phi) is 6.66. The molecule has 1 amide bonds. The number of halogens is 1. The Morgan fingerprint density at radius 2 is 1.83 bits per heavy atom. The van der Waals surface area contributed by atoms with Gasteiger partial charge in [-0.1, -0.05) is 18.6 Å². The van der Waals surface area contributed by atoms with Gasteiger partial charge in [-0.05, 0) is 62.1 Å². The number of hydrogen-bond acceptors (Lipinski definition) is 5. The van der Waals surface area contributed by atoms with Crippen molar-refractivity contribution < 1.29 is 17.6 Å². The summed E-state index contributed by atoms with van der Waals surface area (Å²) in [6.07, 6.45) is 5.47. The number of hydrogen-bond donors (Lipinski definition) is 1. The van der Waals surface area contributed by atoms with Crippen LogP contribution in [0.25, 0.3) is 11.4 Å². The first-order chi connectivity index (χ1) is 16.9. The molecule has 5 rings (SSSR count). The number of sulfonamides is 1. The van der Waals surface area contributed by atoms with Crippen molar-refractivity contribution in [3.63, 3.8) is 0 Å². The quantitative estimate of drug-likeness (QED) is 0.578. The fraction of sp³-hybridized carbons (Fsp3) is 0.400. The molecule has 0 saturated carbocycles. The lowest BCUT2D eigenvalue weighted by Crippen LogP contribution is -2.43. The molecule has 1 N–H and O–H groups in total. The van der Waals surface area contributed by atoms with E-state index in [1.807, 2.05) is 24.3 Å². The van der Waals surface area contributed by atoms with E-state index in [0.717, 1.165) is 55.2 Å². The van der Waals surface area contributed by atoms with Gasteiger partial charge in [0, 0.05) is 37.3 Å². The number of amides is 1. The van der Waals surface area contributed by atoms with Crippen molar-refractivity contribution in [1.82, 2.24) is 19.1 Å². The molecule has 1 fully saturated rings. The average molecular weight is 498 g/mol. The highest BCUT2D eigenvalue weighted by Gasteiger charge is 2.33. The Morgan fingerprint density at radius 3 is 2.66 bits per heavy atom. The van der Waals surface area contributed by atoms with E-state index in [0.29, 0.717) is 25.1 Å². The Balaban J connectivity index is 1.30. The summed E-state index contributed by atoms with van der Waals surface area (Å²) in [5.74, 6) is 0.598. The van der Waals surface area contributed by atoms with E-state index in [-0.39, 0.29) is 17.3 Å². The lowest BCUT2D eigenvalue weighted by molar-refractivity contribution is -0.120. The van der Waals surface area contributed by atoms with Gasteiger partial charge in [0.15, 0.2) is 5.82 Å². The maximum atomic E-state index is 13.2. The van der Waals surface area contributed by atoms with Crippen LogP contribution < -0.4 is 5.32 Å². The number of fused-ring (bicyclic) bond motifs is 1. The van der Waals surface area contributed by atoms with Crippen molar-refractivity contribution in [3.05, 3.63) is 60.2 Å². The van der Waals surface area contributed by atoms with Crippen LogP contribution >= 0.6 is 0 Å². The second-order valence-electron chi connectivity index (χ2n) is 9.13. The molecular weight excluding hydrogens is 469 g/mol. The molecule has 1 atom stereocenters. The van der Waals surface area contributed by atoms with E-state index in [4.69, 9.17) is 0 Å². The highest BCUT2D eigenvalue weighted by Crippen LogP contribution is 2.27. The summed E-state index contributed by atoms with van der Waals surface area (Å²) in [7, 11) is -3.80. The fourth-order valence-corrected chi connectivity index (χ4v) is 6.33. The van der Waals surface area contributed by atoms with Gasteiger partial charge >= 0.3 is 0 Å². The maximum absolute atomic E-state index is 13.2. The summed E-state index contributed by atoms with van der Waals surface area (Å²) >= 11 is 0. The molecule has 2 aliphatic rings. The number of aryl methyl sites for hydroxylation is 1. The third-order valence-corrected chi connectivity index (χ3v) is 8.58. The lowest BCUT2D eigenvalue weighted by atomic mass is 9.98. The number of carbonyl (C=O) groups is 1. The molecule has 0 aliphatic carbocycles. The molecule has 1 saturated heterocycles. The van der Waals surface area contributed by atoms with Crippen molar-refractivity contribution in [3.8, 4) is 11.4 Å². The van der Waals surface area contributed by atoms with Gasteiger partial charge in [-0.15, -0.1) is 10.2 Å². The van der Waals surface area contributed by atoms with Crippen LogP contribution in [0, 0.1) is 11.7 Å². The van der Waals surface area contributed by atoms with Gasteiger partial charge in [0.05, 0.1) is 10.8 Å². The molecular formula is C25H28FN5O3S. The van der Waals surface area contributed by atoms with Crippen LogP contribution in [0.5, 0.6) is 0 Å². The summed E-state index contributed by atoms with van der Waals surface area (Å²) in [5.41, 5.74) is 1.52. The second kappa shape index (κ2) is 9.87. The molecule has 35 heavy (non-hydrogen) atoms. The summed E-state index contributed by atoms with van der Waals surface area (Å²) in [6, 6.07) is 12.3. The lowest BCUT2D eigenvalue weighted by Gasteiger charge is -2.31. The molecule has 8 nitrogen and oxygen atoms in total. The summed E-state index contributed by atoms with van der Waals surface area (Å²) < 4.78 is 42.7. The zero-order valence-electron chi connectivity index (χ0n) is 19.4. The standard InChI is InChI=1S/C25H28FN5O3S/c26-20-10-12-22(13-11-20)35(33,34)30-14-5-7-19(17-30)25(32)27-21-8-4-6-18(16-21)24-29-28-23-9-2-1-3-15-31(23)24/h4,6,8,10-13,16,19H,1-3,5,7,9,14-15,17H2,(H,27,32)/t19-/m1/s1. The van der Waals surface area contributed by atoms with Gasteiger partial charge in [-0.25, -0.2) is 12.8 Å². The number of carbonyl (C=O) groups excluding carboxylic acids is 1. The molecule has 2 aliphatic heterocycles. The van der Waals surface area contributed by atoms with Gasteiger partial charge < -0.3 is 9.88 Å². The number of benzene rings is 2. The van der Waals surface area contributed by atoms with E-state index in [9.17, 15) is 17.6 Å². The maximum Gasteiger partial charge on any atom is 0.243 e. The van der Waals surface area contributed by atoms with Crippen molar-refractivity contribution >= 4 is 21.6 Å². The Hall–Kier alpha value is -3.11. The van der Waals surface area contributed by atoms with Crippen LogP contribution in [0.3, 0.4) is 0 Å². The largest absolute Gasteiger partial charge is 0.326 e. The second-order valence-corrected chi connectivity index (χ2v) is 11.1. The minimum Gasteiger partial charge on any atom is -0.326 e. The molecule has 3 heterocycles. The van der Waals surface area contributed by atoms with Gasteiger partial charge in [0.1, 0.15) is 11.6 Å². The highest BCUT2D eigenvalue weighted by atomic mass is 32.2. The Labute approximate surface area is 204 Å². The number of anilines is 1. The first kappa shape index (κ1) is 23.6. The molecule has 0 radical (unpaired) electrons. The first-order valence-electron chi connectivity index (χ1n) is 12.0. The monoisotopic (exact) mass is 497 g/mol. The van der Waals surface area contributed by atoms with E-state index < -0.39 is 21.8 Å². The van der Waals surface area contributed by atoms with Crippen molar-refractivity contribution in [1.29, 1.82) is 0 Å². The topological polar surface area (TPSA) is 97.2 Å². The molecule has 10 heteroatoms. The minimum atomic E-state index is -3.80. The van der Waals surface area contributed by atoms with E-state index in [1.54, 1.807) is 0 Å². The predicted molar refractivity (Wildman–Crippen MR) is 130 cm³/mol. The highest BCUT2D eigenvalue weighted by molar-refractivity contribution is 7.89. The number of piperidine rings is 1. The molecule has 3 aromatic rings. The summed E-state index contributed by atoms with van der Waals surface area (Å²) in [6.45, 7) is 1.30. The van der Waals surface area contributed by atoms with E-state index in [2.05, 4.69) is 20.1 Å². The third kappa shape index (κ3) is 4.99. The van der Waals surface area contributed by atoms with Crippen molar-refractivity contribution in [2.24, 2.45) is 5.92 Å². The van der Waals surface area contributed by atoms with Crippen LogP contribution in [0.1, 0.15) is 37.9 Å². The Morgan fingerprint density at radius 1 is 1.00 bits per heavy atom. The molecule has 0 spiro atoms. The van der Waals surface area contributed by atoms with Crippen LogP contribution in [-0.2, 0) is 27.8 Å². The Bertz CT molecular complexity index is 1320. The number of rotatable bonds is 5. The molecule has 0 unspecified atom stereocenters. The normalized spacial score (nSPS) is 19.1. The van der Waals surface area contributed by atoms with Gasteiger partial charge in [0.25, 0.3) is 0 Å². The molecule has 2 aromatic carbocycles. The van der Waals surface area contributed by atoms with Crippen molar-refractivity contribution in [2.75, 3.05) is 18.4 Å². The number of nitrogens with one attached hydrogen (secondary N) is 1. The molecule has 0 bridgehead atoms. The van der Waals surface area contributed by atoms with Crippen LogP contribution in [0.2, 0.25) is 0 Å². The van der Waals surface area contributed by atoms with E-state index in [1.165, 1.54) is 22.9 Å². The zero-order valence-corrected chi connectivity index (χ0v) is 20.2. The average Bonchev–Trinajstić information content (AvgIpc) is 3.12. The zero-order chi connectivity index (χ0) is 24.4. The molecule has 1 aromatic heterocycles. The molecule has 184 valence electrons. The summed E-state index contributed by atoms with van der Waals surface area (Å²) in [4.78, 5) is 13.1. The van der Waals surface area contributed by atoms with Gasteiger partial charge in [0.2, 0.25) is 15.9 Å². The first-order valence-corrected chi connectivity index (χ1v) is 13.4. The third-order valence-electron chi connectivity index (χ3n) is 6.70. The fourth-order valence-electron chi connectivity index (χ4n) is 4.81. The van der Waals surface area contributed by atoms with Crippen LogP contribution in [-0.4, -0.2) is 46.5 Å². The van der Waals surface area contributed by atoms with Crippen LogP contribution in [0.15, 0.2) is 53.4 Å². The summed E-state index contributed by atoms with van der Waals surface area (Å²) in [5, 5.41) is 11.7. The SMILES string of the molecule is O=C(Nc1cccc(-c2nnc3n2CCCCC3)c1)[C@@H]1CCCN(S(=O)(=O)c2ccc(F)cc2)C1. The number of nitrogens with zero attached hydrogens (tertiary/aromatic N) is 4.